The largest absolute Gasteiger partial charge is 0.368 e. The molecule has 0 saturated carbocycles. The van der Waals surface area contributed by atoms with Gasteiger partial charge in [-0.2, -0.15) is 0 Å². The molecule has 11 heavy (non-hydrogen) atoms. The van der Waals surface area contributed by atoms with E-state index < -0.39 is 12.6 Å². The third-order valence-electron chi connectivity index (χ3n) is 1.74. The molecule has 0 aliphatic heterocycles. The van der Waals surface area contributed by atoms with Crippen LogP contribution < -0.4 is 0 Å². The summed E-state index contributed by atoms with van der Waals surface area (Å²) < 4.78 is 0. The molecule has 0 aliphatic carbocycles. The first-order valence-corrected chi connectivity index (χ1v) is 3.80. The smallest absolute Gasteiger partial charge is 0.154 e. The molecule has 0 aromatic carbocycles. The van der Waals surface area contributed by atoms with Gasteiger partial charge in [-0.1, -0.05) is 6.92 Å². The van der Waals surface area contributed by atoms with Crippen LogP contribution in [-0.4, -0.2) is 33.0 Å². The van der Waals surface area contributed by atoms with Crippen LogP contribution in [0.3, 0.4) is 0 Å². The maximum atomic E-state index is 8.72. The summed E-state index contributed by atoms with van der Waals surface area (Å²) in [6.07, 6.45) is -1.45. The van der Waals surface area contributed by atoms with Gasteiger partial charge < -0.3 is 20.4 Å². The van der Waals surface area contributed by atoms with E-state index >= 15 is 0 Å². The van der Waals surface area contributed by atoms with E-state index in [1.165, 1.54) is 0 Å². The fraction of sp³-hybridized carbons (Fsp3) is 1.00. The lowest BCUT2D eigenvalue weighted by molar-refractivity contribution is -0.0992. The van der Waals surface area contributed by atoms with Gasteiger partial charge in [-0.25, -0.2) is 0 Å². The van der Waals surface area contributed by atoms with Crippen LogP contribution in [0.1, 0.15) is 26.2 Å². The zero-order valence-electron chi connectivity index (χ0n) is 6.64. The molecule has 4 heteroatoms. The standard InChI is InChI=1S/C7H16O4/c1-2-5(7(10)11)3-4-6(8)9/h5-11H,2-4H2,1H3. The summed E-state index contributed by atoms with van der Waals surface area (Å²) in [5, 5.41) is 34.4. The predicted octanol–water partition coefficient (Wildman–Crippen LogP) is -0.586. The normalized spacial score (nSPS) is 14.5. The summed E-state index contributed by atoms with van der Waals surface area (Å²) in [5.74, 6) is -0.253. The van der Waals surface area contributed by atoms with Gasteiger partial charge in [0.2, 0.25) is 0 Å². The van der Waals surface area contributed by atoms with Crippen molar-refractivity contribution in [3.8, 4) is 0 Å². The van der Waals surface area contributed by atoms with Crippen molar-refractivity contribution >= 4 is 0 Å². The molecule has 0 fully saturated rings. The molecule has 0 amide bonds. The molecular formula is C7H16O4. The molecule has 0 saturated heterocycles. The van der Waals surface area contributed by atoms with Crippen LogP contribution in [0.2, 0.25) is 0 Å². The highest BCUT2D eigenvalue weighted by molar-refractivity contribution is 4.58. The second kappa shape index (κ2) is 5.49. The Hall–Kier alpha value is -0.160. The number of rotatable bonds is 5. The minimum Gasteiger partial charge on any atom is -0.368 e. The Morgan fingerprint density at radius 2 is 1.55 bits per heavy atom. The Labute approximate surface area is 66.1 Å². The van der Waals surface area contributed by atoms with Crippen LogP contribution >= 0.6 is 0 Å². The van der Waals surface area contributed by atoms with E-state index in [2.05, 4.69) is 0 Å². The van der Waals surface area contributed by atoms with E-state index in [9.17, 15) is 0 Å². The molecule has 0 rings (SSSR count). The van der Waals surface area contributed by atoms with E-state index in [1.807, 2.05) is 6.92 Å². The highest BCUT2D eigenvalue weighted by atomic mass is 16.5. The number of aliphatic hydroxyl groups is 4. The first-order valence-electron chi connectivity index (χ1n) is 3.80. The van der Waals surface area contributed by atoms with Gasteiger partial charge in [0.1, 0.15) is 0 Å². The molecule has 4 N–H and O–H groups in total. The van der Waals surface area contributed by atoms with Gasteiger partial charge >= 0.3 is 0 Å². The minimum atomic E-state index is -1.35. The fourth-order valence-corrected chi connectivity index (χ4v) is 0.927. The van der Waals surface area contributed by atoms with Crippen molar-refractivity contribution in [3.63, 3.8) is 0 Å². The van der Waals surface area contributed by atoms with E-state index in [1.54, 1.807) is 0 Å². The van der Waals surface area contributed by atoms with Gasteiger partial charge in [0.25, 0.3) is 0 Å². The van der Waals surface area contributed by atoms with Gasteiger partial charge in [0, 0.05) is 5.92 Å². The maximum Gasteiger partial charge on any atom is 0.154 e. The molecule has 0 spiro atoms. The Bertz CT molecular complexity index is 92.4. The quantitative estimate of drug-likeness (QED) is 0.410. The lowest BCUT2D eigenvalue weighted by Gasteiger charge is -2.16. The maximum absolute atomic E-state index is 8.72. The average Bonchev–Trinajstić information content (AvgIpc) is 1.87. The van der Waals surface area contributed by atoms with Gasteiger partial charge in [0.15, 0.2) is 12.6 Å². The number of hydrogen-bond donors (Lipinski definition) is 4. The molecule has 1 unspecified atom stereocenters. The van der Waals surface area contributed by atoms with Crippen molar-refractivity contribution in [2.75, 3.05) is 0 Å². The van der Waals surface area contributed by atoms with Gasteiger partial charge in [-0.05, 0) is 19.3 Å². The van der Waals surface area contributed by atoms with E-state index in [4.69, 9.17) is 20.4 Å². The first-order chi connectivity index (χ1) is 5.07. The SMILES string of the molecule is CCC(CCC(O)O)C(O)O. The van der Waals surface area contributed by atoms with Crippen LogP contribution in [0.15, 0.2) is 0 Å². The minimum absolute atomic E-state index is 0.191. The van der Waals surface area contributed by atoms with E-state index in [0.717, 1.165) is 0 Å². The molecule has 0 bridgehead atoms. The third kappa shape index (κ3) is 5.15. The zero-order valence-corrected chi connectivity index (χ0v) is 6.64. The number of hydrogen-bond acceptors (Lipinski definition) is 4. The van der Waals surface area contributed by atoms with E-state index in [0.29, 0.717) is 12.8 Å². The van der Waals surface area contributed by atoms with Crippen molar-refractivity contribution in [3.05, 3.63) is 0 Å². The predicted molar refractivity (Wildman–Crippen MR) is 39.5 cm³/mol. The molecule has 1 atom stereocenters. The summed E-state index contributed by atoms with van der Waals surface area (Å²) >= 11 is 0. The Kier molecular flexibility index (Phi) is 5.41. The lowest BCUT2D eigenvalue weighted by Crippen LogP contribution is -2.20. The summed E-state index contributed by atoms with van der Waals surface area (Å²) in [4.78, 5) is 0. The van der Waals surface area contributed by atoms with Gasteiger partial charge in [-0.3, -0.25) is 0 Å². The highest BCUT2D eigenvalue weighted by Gasteiger charge is 2.14. The van der Waals surface area contributed by atoms with Crippen LogP contribution in [0.5, 0.6) is 0 Å². The Morgan fingerprint density at radius 1 is 1.00 bits per heavy atom. The summed E-state index contributed by atoms with van der Waals surface area (Å²) in [6, 6.07) is 0. The van der Waals surface area contributed by atoms with Crippen LogP contribution in [0.25, 0.3) is 0 Å². The molecule has 68 valence electrons. The van der Waals surface area contributed by atoms with Gasteiger partial charge in [-0.15, -0.1) is 0 Å². The third-order valence-corrected chi connectivity index (χ3v) is 1.74. The van der Waals surface area contributed by atoms with Crippen LogP contribution in [0.4, 0.5) is 0 Å². The molecule has 0 aromatic heterocycles. The molecule has 4 nitrogen and oxygen atoms in total. The van der Waals surface area contributed by atoms with Gasteiger partial charge in [0.05, 0.1) is 0 Å². The Balaban J connectivity index is 3.52. The lowest BCUT2D eigenvalue weighted by atomic mass is 10.00. The molecule has 0 heterocycles. The first kappa shape index (κ1) is 10.8. The van der Waals surface area contributed by atoms with E-state index in [-0.39, 0.29) is 12.3 Å². The molecule has 0 aromatic rings. The van der Waals surface area contributed by atoms with Crippen LogP contribution in [-0.2, 0) is 0 Å². The molecular weight excluding hydrogens is 148 g/mol. The summed E-state index contributed by atoms with van der Waals surface area (Å²) in [6.45, 7) is 1.83. The highest BCUT2D eigenvalue weighted by Crippen LogP contribution is 2.14. The monoisotopic (exact) mass is 164 g/mol. The van der Waals surface area contributed by atoms with Crippen molar-refractivity contribution in [1.82, 2.24) is 0 Å². The van der Waals surface area contributed by atoms with Crippen molar-refractivity contribution in [2.45, 2.75) is 38.8 Å². The Morgan fingerprint density at radius 3 is 1.82 bits per heavy atom. The van der Waals surface area contributed by atoms with Crippen LogP contribution in [0, 0.1) is 5.92 Å². The fourth-order valence-electron chi connectivity index (χ4n) is 0.927. The average molecular weight is 164 g/mol. The second-order valence-electron chi connectivity index (χ2n) is 2.64. The summed E-state index contributed by atoms with van der Waals surface area (Å²) in [7, 11) is 0. The van der Waals surface area contributed by atoms with Crippen molar-refractivity contribution in [1.29, 1.82) is 0 Å². The zero-order chi connectivity index (χ0) is 8.85. The van der Waals surface area contributed by atoms with Crippen molar-refractivity contribution in [2.24, 2.45) is 5.92 Å². The molecule has 0 aliphatic rings. The summed E-state index contributed by atoms with van der Waals surface area (Å²) in [5.41, 5.74) is 0. The molecule has 0 radical (unpaired) electrons. The van der Waals surface area contributed by atoms with Crippen molar-refractivity contribution < 1.29 is 20.4 Å². The second-order valence-corrected chi connectivity index (χ2v) is 2.64. The number of aliphatic hydroxyl groups excluding tert-OH is 2. The topological polar surface area (TPSA) is 80.9 Å².